The van der Waals surface area contributed by atoms with Crippen molar-refractivity contribution < 1.29 is 9.84 Å². The van der Waals surface area contributed by atoms with E-state index >= 15 is 0 Å². The molecule has 134 valence electrons. The van der Waals surface area contributed by atoms with Crippen molar-refractivity contribution in [3.05, 3.63) is 65.2 Å². The van der Waals surface area contributed by atoms with Crippen LogP contribution in [0.4, 0.5) is 0 Å². The Morgan fingerprint density at radius 1 is 1.12 bits per heavy atom. The fourth-order valence-electron chi connectivity index (χ4n) is 3.57. The highest BCUT2D eigenvalue weighted by atomic mass is 16.5. The van der Waals surface area contributed by atoms with E-state index < -0.39 is 0 Å². The van der Waals surface area contributed by atoms with Gasteiger partial charge in [-0.3, -0.25) is 4.90 Å². The predicted octanol–water partition coefficient (Wildman–Crippen LogP) is 2.55. The van der Waals surface area contributed by atoms with Crippen LogP contribution < -0.4 is 4.74 Å². The summed E-state index contributed by atoms with van der Waals surface area (Å²) in [5.74, 6) is 0.866. The molecule has 0 saturated carbocycles. The van der Waals surface area contributed by atoms with Gasteiger partial charge in [-0.25, -0.2) is 0 Å². The van der Waals surface area contributed by atoms with Crippen LogP contribution in [0.2, 0.25) is 0 Å². The zero-order valence-electron chi connectivity index (χ0n) is 15.2. The van der Waals surface area contributed by atoms with E-state index in [2.05, 4.69) is 54.2 Å². The molecule has 0 aliphatic carbocycles. The summed E-state index contributed by atoms with van der Waals surface area (Å²) in [6.45, 7) is 3.25. The Balaban J connectivity index is 1.62. The minimum atomic E-state index is 0.0381. The lowest BCUT2D eigenvalue weighted by molar-refractivity contribution is 0.156. The third-order valence-electron chi connectivity index (χ3n) is 4.90. The van der Waals surface area contributed by atoms with Crippen molar-refractivity contribution in [1.82, 2.24) is 9.80 Å². The molecule has 0 saturated heterocycles. The maximum atomic E-state index is 8.99. The number of aliphatic hydroxyl groups is 1. The molecule has 0 amide bonds. The summed E-state index contributed by atoms with van der Waals surface area (Å²) >= 11 is 0. The van der Waals surface area contributed by atoms with Crippen LogP contribution in [0, 0.1) is 0 Å². The Morgan fingerprint density at radius 3 is 2.64 bits per heavy atom. The number of nitrogens with zero attached hydrogens (tertiary/aromatic N) is 2. The molecule has 25 heavy (non-hydrogen) atoms. The molecule has 1 atom stereocenters. The second-order valence-corrected chi connectivity index (χ2v) is 6.92. The fraction of sp³-hybridized carbons (Fsp3) is 0.429. The van der Waals surface area contributed by atoms with Gasteiger partial charge in [0.2, 0.25) is 0 Å². The van der Waals surface area contributed by atoms with E-state index in [1.807, 2.05) is 18.2 Å². The highest BCUT2D eigenvalue weighted by Crippen LogP contribution is 2.24. The number of benzene rings is 2. The summed E-state index contributed by atoms with van der Waals surface area (Å²) in [4.78, 5) is 4.81. The van der Waals surface area contributed by atoms with Crippen LogP contribution in [0.3, 0.4) is 0 Å². The minimum absolute atomic E-state index is 0.0381. The van der Waals surface area contributed by atoms with E-state index in [0.29, 0.717) is 12.6 Å². The number of fused-ring (bicyclic) bond motifs is 1. The second kappa shape index (κ2) is 8.48. The van der Waals surface area contributed by atoms with Crippen molar-refractivity contribution in [1.29, 1.82) is 0 Å². The molecule has 1 aliphatic heterocycles. The lowest BCUT2D eigenvalue weighted by Crippen LogP contribution is -2.44. The molecule has 2 aromatic rings. The number of likely N-dealkylation sites (N-methyl/N-ethyl adjacent to an activating group) is 2. The lowest BCUT2D eigenvalue weighted by Gasteiger charge is -2.36. The molecule has 4 heteroatoms. The van der Waals surface area contributed by atoms with Gasteiger partial charge in [0, 0.05) is 31.2 Å². The summed E-state index contributed by atoms with van der Waals surface area (Å²) < 4.78 is 5.66. The van der Waals surface area contributed by atoms with E-state index in [9.17, 15) is 0 Å². The van der Waals surface area contributed by atoms with Crippen LogP contribution in [-0.4, -0.2) is 54.8 Å². The Hall–Kier alpha value is -1.88. The second-order valence-electron chi connectivity index (χ2n) is 6.92. The molecule has 2 aromatic carbocycles. The van der Waals surface area contributed by atoms with E-state index in [1.165, 1.54) is 11.1 Å². The first-order valence-electron chi connectivity index (χ1n) is 8.94. The van der Waals surface area contributed by atoms with Crippen molar-refractivity contribution in [2.75, 3.05) is 33.9 Å². The van der Waals surface area contributed by atoms with Gasteiger partial charge in [-0.2, -0.15) is 0 Å². The topological polar surface area (TPSA) is 35.9 Å². The molecule has 3 rings (SSSR count). The maximum Gasteiger partial charge on any atom is 0.123 e. The van der Waals surface area contributed by atoms with Crippen LogP contribution in [0.15, 0.2) is 48.5 Å². The quantitative estimate of drug-likeness (QED) is 0.840. The summed E-state index contributed by atoms with van der Waals surface area (Å²) in [6, 6.07) is 17.4. The molecular formula is C21H28N2O2. The van der Waals surface area contributed by atoms with Gasteiger partial charge in [0.1, 0.15) is 12.4 Å². The zero-order valence-corrected chi connectivity index (χ0v) is 15.2. The fourth-order valence-corrected chi connectivity index (χ4v) is 3.57. The number of ether oxygens (including phenoxy) is 1. The minimum Gasteiger partial charge on any atom is -0.491 e. The lowest BCUT2D eigenvalue weighted by atomic mass is 9.94. The molecule has 1 heterocycles. The number of rotatable bonds is 7. The summed E-state index contributed by atoms with van der Waals surface area (Å²) in [5, 5.41) is 8.99. The van der Waals surface area contributed by atoms with E-state index in [1.54, 1.807) is 0 Å². The zero-order chi connectivity index (χ0) is 17.6. The van der Waals surface area contributed by atoms with E-state index in [-0.39, 0.29) is 6.61 Å². The molecule has 1 aliphatic rings. The first-order valence-corrected chi connectivity index (χ1v) is 8.94. The van der Waals surface area contributed by atoms with Crippen molar-refractivity contribution in [3.8, 4) is 5.75 Å². The molecule has 0 aromatic heterocycles. The Morgan fingerprint density at radius 2 is 1.84 bits per heavy atom. The maximum absolute atomic E-state index is 8.99. The van der Waals surface area contributed by atoms with Gasteiger partial charge in [0.15, 0.2) is 0 Å². The highest BCUT2D eigenvalue weighted by Gasteiger charge is 2.24. The summed E-state index contributed by atoms with van der Waals surface area (Å²) in [5.41, 5.74) is 4.09. The number of hydrogen-bond donors (Lipinski definition) is 1. The smallest absolute Gasteiger partial charge is 0.123 e. The van der Waals surface area contributed by atoms with Crippen molar-refractivity contribution >= 4 is 0 Å². The van der Waals surface area contributed by atoms with Crippen LogP contribution in [-0.2, 0) is 19.5 Å². The molecule has 0 spiro atoms. The Kier molecular flexibility index (Phi) is 6.08. The van der Waals surface area contributed by atoms with Crippen molar-refractivity contribution in [2.45, 2.75) is 25.6 Å². The van der Waals surface area contributed by atoms with Crippen molar-refractivity contribution in [3.63, 3.8) is 0 Å². The van der Waals surface area contributed by atoms with Gasteiger partial charge in [-0.15, -0.1) is 0 Å². The van der Waals surface area contributed by atoms with E-state index in [0.717, 1.165) is 37.4 Å². The molecule has 0 radical (unpaired) electrons. The third-order valence-corrected chi connectivity index (χ3v) is 4.90. The first kappa shape index (κ1) is 17.9. The number of hydrogen-bond acceptors (Lipinski definition) is 4. The van der Waals surface area contributed by atoms with Gasteiger partial charge >= 0.3 is 0 Å². The first-order chi connectivity index (χ1) is 12.2. The Bertz CT molecular complexity index is 689. The van der Waals surface area contributed by atoms with Crippen LogP contribution in [0.5, 0.6) is 5.75 Å². The van der Waals surface area contributed by atoms with Gasteiger partial charge in [-0.1, -0.05) is 42.5 Å². The van der Waals surface area contributed by atoms with Gasteiger partial charge in [0.05, 0.1) is 6.61 Å². The third kappa shape index (κ3) is 4.60. The summed E-state index contributed by atoms with van der Waals surface area (Å²) in [7, 11) is 4.38. The van der Waals surface area contributed by atoms with Crippen LogP contribution in [0.25, 0.3) is 0 Å². The molecular weight excluding hydrogens is 312 g/mol. The molecule has 0 bridgehead atoms. The van der Waals surface area contributed by atoms with E-state index in [4.69, 9.17) is 9.84 Å². The number of para-hydroxylation sites is 1. The average Bonchev–Trinajstić information content (AvgIpc) is 2.61. The van der Waals surface area contributed by atoms with Crippen LogP contribution in [0.1, 0.15) is 16.7 Å². The largest absolute Gasteiger partial charge is 0.491 e. The van der Waals surface area contributed by atoms with Crippen molar-refractivity contribution in [2.24, 2.45) is 0 Å². The van der Waals surface area contributed by atoms with Gasteiger partial charge in [0.25, 0.3) is 0 Å². The summed E-state index contributed by atoms with van der Waals surface area (Å²) in [6.07, 6.45) is 1.10. The SMILES string of the molecule is CN(Cc1ccccc1OCCO)C[C@@H]1Cc2ccccc2CN1C. The molecule has 1 N–H and O–H groups in total. The predicted molar refractivity (Wildman–Crippen MR) is 101 cm³/mol. The molecule has 4 nitrogen and oxygen atoms in total. The van der Waals surface area contributed by atoms with Gasteiger partial charge in [-0.05, 0) is 37.7 Å². The average molecular weight is 340 g/mol. The van der Waals surface area contributed by atoms with Gasteiger partial charge < -0.3 is 14.7 Å². The Labute approximate surface area is 150 Å². The normalized spacial score (nSPS) is 17.5. The standard InChI is InChI=1S/C21H28N2O2/c1-22(14-19-9-5-6-10-21(19)25-12-11-24)16-20-13-17-7-3-4-8-18(17)15-23(20)2/h3-10,20,24H,11-16H2,1-2H3/t20-/m0/s1. The van der Waals surface area contributed by atoms with Crippen LogP contribution >= 0.6 is 0 Å². The monoisotopic (exact) mass is 340 g/mol. The molecule has 0 fully saturated rings. The number of aliphatic hydroxyl groups excluding tert-OH is 1. The molecule has 0 unspecified atom stereocenters. The highest BCUT2D eigenvalue weighted by molar-refractivity contribution is 5.33.